The minimum atomic E-state index is -4.71. The first kappa shape index (κ1) is 58.3. The molecule has 3 aliphatic heterocycles. The van der Waals surface area contributed by atoms with Crippen molar-refractivity contribution in [1.29, 1.82) is 0 Å². The maximum absolute atomic E-state index is 16.8. The molecule has 26 heteroatoms. The maximum Gasteiger partial charge on any atom is 0.443 e. The predicted molar refractivity (Wildman–Crippen MR) is 286 cm³/mol. The van der Waals surface area contributed by atoms with Gasteiger partial charge in [-0.25, -0.2) is 28.9 Å². The number of ether oxygens (including phenoxy) is 3. The summed E-state index contributed by atoms with van der Waals surface area (Å²) in [7, 11) is 2.46. The van der Waals surface area contributed by atoms with Gasteiger partial charge in [-0.15, -0.1) is 11.3 Å². The van der Waals surface area contributed by atoms with Gasteiger partial charge in [-0.05, 0) is 67.9 Å². The normalized spacial score (nSPS) is 17.8. The molecule has 0 aliphatic carbocycles. The zero-order valence-electron chi connectivity index (χ0n) is 40.4. The third-order valence-electron chi connectivity index (χ3n) is 12.9. The molecule has 2 unspecified atom stereocenters. The summed E-state index contributed by atoms with van der Waals surface area (Å²) in [6.45, 7) is 8.22. The number of aromatic amines is 2. The van der Waals surface area contributed by atoms with Crippen molar-refractivity contribution in [3.05, 3.63) is 82.3 Å². The number of thiazole rings is 1. The van der Waals surface area contributed by atoms with E-state index in [9.17, 15) is 32.3 Å². The molecule has 17 nitrogen and oxygen atoms in total. The highest BCUT2D eigenvalue weighted by Crippen LogP contribution is 2.49. The highest BCUT2D eigenvalue weighted by Gasteiger charge is 2.41. The number of hydrogen-bond acceptors (Lipinski definition) is 11. The molecular formula is C47H58F4N10O7S5. The summed E-state index contributed by atoms with van der Waals surface area (Å²) >= 11 is 0.431. The number of carbonyl (C=O) groups is 4. The Balaban J connectivity index is 0.00000247. The van der Waals surface area contributed by atoms with Gasteiger partial charge in [0, 0.05) is 35.8 Å². The fourth-order valence-corrected chi connectivity index (χ4v) is 10.3. The summed E-state index contributed by atoms with van der Waals surface area (Å²) < 4.78 is 76.3. The van der Waals surface area contributed by atoms with E-state index in [2.05, 4.69) is 35.6 Å². The molecule has 5 atom stereocenters. The number of halogens is 4. The van der Waals surface area contributed by atoms with E-state index in [1.54, 1.807) is 38.8 Å². The van der Waals surface area contributed by atoms with Gasteiger partial charge >= 0.3 is 18.4 Å². The molecule has 0 saturated carbocycles. The van der Waals surface area contributed by atoms with Gasteiger partial charge in [-0.2, -0.15) is 67.2 Å². The number of aromatic nitrogens is 6. The summed E-state index contributed by atoms with van der Waals surface area (Å²) in [4.78, 5) is 74.8. The first-order chi connectivity index (χ1) is 32.9. The monoisotopic (exact) mass is 1110 g/mol. The second-order valence-electron chi connectivity index (χ2n) is 18.0. The molecule has 4 amide bonds. The fourth-order valence-electron chi connectivity index (χ4n) is 9.51. The Morgan fingerprint density at radius 3 is 1.78 bits per heavy atom. The van der Waals surface area contributed by atoms with Crippen LogP contribution < -0.4 is 15.4 Å². The molecule has 2 saturated heterocycles. The SMILES string of the molecule is COC(=O)NC(C(=O)N1CCC[C@H]1c1ncc(-c2ccc3c(c2)cc2n3C(c3cnc(C(F)(F)F)s3)Oc3cc(-c4cnc([C@@H]5CCCN5C(=O)[C@@H](NC(=O)OC)C(C)C)[nH]4)cc(F)c3-2)[nH]1)C(C)C.S.S.S.S. The lowest BCUT2D eigenvalue weighted by atomic mass is 10.0. The van der Waals surface area contributed by atoms with Crippen LogP contribution in [0.2, 0.25) is 0 Å². The summed E-state index contributed by atoms with van der Waals surface area (Å²) in [5.41, 5.74) is 3.09. The van der Waals surface area contributed by atoms with Crippen molar-refractivity contribution in [2.75, 3.05) is 27.3 Å². The molecule has 6 aromatic rings. The van der Waals surface area contributed by atoms with Crippen LogP contribution in [0, 0.1) is 17.7 Å². The molecule has 0 radical (unpaired) electrons. The molecule has 73 heavy (non-hydrogen) atoms. The van der Waals surface area contributed by atoms with Crippen LogP contribution in [0.25, 0.3) is 44.7 Å². The van der Waals surface area contributed by atoms with Crippen molar-refractivity contribution in [3.8, 4) is 39.5 Å². The molecule has 2 aromatic carbocycles. The number of fused-ring (bicyclic) bond motifs is 5. The number of nitrogens with zero attached hydrogens (tertiary/aromatic N) is 6. The first-order valence-corrected chi connectivity index (χ1v) is 23.4. The molecule has 3 aliphatic rings. The van der Waals surface area contributed by atoms with Gasteiger partial charge in [-0.1, -0.05) is 33.8 Å². The third-order valence-corrected chi connectivity index (χ3v) is 14.0. The van der Waals surface area contributed by atoms with Crippen molar-refractivity contribution >= 4 is 100 Å². The smallest absolute Gasteiger partial charge is 0.443 e. The number of nitrogens with one attached hydrogen (secondary N) is 4. The Bertz CT molecular complexity index is 2960. The van der Waals surface area contributed by atoms with Gasteiger partial charge in [0.05, 0.1) is 71.7 Å². The van der Waals surface area contributed by atoms with Crippen LogP contribution in [-0.2, 0) is 25.2 Å². The van der Waals surface area contributed by atoms with Gasteiger partial charge in [0.15, 0.2) is 5.01 Å². The highest BCUT2D eigenvalue weighted by molar-refractivity contribution is 7.59. The summed E-state index contributed by atoms with van der Waals surface area (Å²) in [5.74, 6) is -0.555. The van der Waals surface area contributed by atoms with Crippen LogP contribution in [0.5, 0.6) is 5.75 Å². The summed E-state index contributed by atoms with van der Waals surface area (Å²) in [5, 5.41) is 4.85. The van der Waals surface area contributed by atoms with E-state index in [-0.39, 0.29) is 99.9 Å². The van der Waals surface area contributed by atoms with Crippen molar-refractivity contribution in [3.63, 3.8) is 0 Å². The minimum absolute atomic E-state index is 0. The van der Waals surface area contributed by atoms with E-state index in [4.69, 9.17) is 14.2 Å². The number of amides is 4. The Hall–Kier alpha value is -5.57. The molecule has 4 N–H and O–H groups in total. The molecule has 7 heterocycles. The lowest BCUT2D eigenvalue weighted by Gasteiger charge is -2.30. The van der Waals surface area contributed by atoms with E-state index in [0.29, 0.717) is 94.4 Å². The molecule has 2 fully saturated rings. The Morgan fingerprint density at radius 2 is 1.29 bits per heavy atom. The van der Waals surface area contributed by atoms with E-state index in [0.717, 1.165) is 12.6 Å². The number of carbonyl (C=O) groups excluding carboxylic acids is 4. The Kier molecular flexibility index (Phi) is 18.6. The first-order valence-electron chi connectivity index (χ1n) is 22.5. The summed E-state index contributed by atoms with van der Waals surface area (Å²) in [6, 6.07) is 7.66. The van der Waals surface area contributed by atoms with E-state index in [1.165, 1.54) is 26.5 Å². The molecule has 9 rings (SSSR count). The average Bonchev–Trinajstić information content (AvgIpc) is 4.18. The molecule has 0 bridgehead atoms. The number of methoxy groups -OCH3 is 2. The zero-order valence-corrected chi connectivity index (χ0v) is 45.3. The number of rotatable bonds is 11. The number of imidazole rings is 2. The van der Waals surface area contributed by atoms with Gasteiger partial charge < -0.3 is 44.6 Å². The number of hydrogen-bond donors (Lipinski definition) is 4. The van der Waals surface area contributed by atoms with Crippen molar-refractivity contribution in [2.24, 2.45) is 11.8 Å². The van der Waals surface area contributed by atoms with E-state index >= 15 is 4.39 Å². The van der Waals surface area contributed by atoms with E-state index < -0.39 is 53.5 Å². The largest absolute Gasteiger partial charge is 0.464 e. The van der Waals surface area contributed by atoms with Crippen molar-refractivity contribution in [1.82, 2.24) is 49.9 Å². The minimum Gasteiger partial charge on any atom is -0.464 e. The second-order valence-corrected chi connectivity index (χ2v) is 19.1. The van der Waals surface area contributed by atoms with Crippen LogP contribution >= 0.6 is 65.3 Å². The second kappa shape index (κ2) is 23.3. The predicted octanol–water partition coefficient (Wildman–Crippen LogP) is 9.18. The zero-order chi connectivity index (χ0) is 49.1. The van der Waals surface area contributed by atoms with Crippen LogP contribution in [0.1, 0.15) is 93.2 Å². The van der Waals surface area contributed by atoms with Crippen LogP contribution in [0.3, 0.4) is 0 Å². The highest BCUT2D eigenvalue weighted by atomic mass is 32.1. The standard InChI is InChI=1S/C47H50F4N10O7S.4H2S/c1-22(2)37(57-45(64)66-5)41(62)59-13-7-9-31(59)39-52-19-28(55-39)24-11-12-30-26(15-24)17-33-36-27(48)16-25(18-34(36)68-43(61(30)33)35-21-54-44(69-35)47(49,50)51)29-20-53-40(56-29)32-10-8-14-60(32)42(63)38(23(3)4)58-46(65)67-6;;;;/h11-12,15-23,31-32,37-38,43H,7-10,13-14H2,1-6H3,(H,52,55)(H,53,56)(H,57,64)(H,58,65);4*1H2/t31-,32-,37?,38-,43?;;;;/m0..../s1. The maximum atomic E-state index is 16.8. The van der Waals surface area contributed by atoms with Crippen LogP contribution in [-0.4, -0.2) is 103 Å². The van der Waals surface area contributed by atoms with Crippen LogP contribution in [0.15, 0.2) is 55.0 Å². The van der Waals surface area contributed by atoms with Crippen molar-refractivity contribution in [2.45, 2.75) is 89.9 Å². The van der Waals surface area contributed by atoms with Gasteiger partial charge in [0.2, 0.25) is 18.0 Å². The number of H-pyrrole nitrogens is 2. The Morgan fingerprint density at radius 1 is 0.753 bits per heavy atom. The lowest BCUT2D eigenvalue weighted by Crippen LogP contribution is -2.51. The summed E-state index contributed by atoms with van der Waals surface area (Å²) in [6.07, 6.45) is -0.360. The molecular weight excluding hydrogens is 1050 g/mol. The fraction of sp³-hybridized carbons (Fsp3) is 0.426. The molecule has 396 valence electrons. The average molecular weight is 1110 g/mol. The third kappa shape index (κ3) is 11.3. The number of benzene rings is 2. The Labute approximate surface area is 449 Å². The van der Waals surface area contributed by atoms with Gasteiger partial charge in [0.25, 0.3) is 0 Å². The van der Waals surface area contributed by atoms with E-state index in [1.807, 2.05) is 39.8 Å². The van der Waals surface area contributed by atoms with Gasteiger partial charge in [-0.3, -0.25) is 14.2 Å². The number of likely N-dealkylation sites (tertiary alicyclic amines) is 2. The number of alkyl carbamates (subject to hydrolysis) is 2. The topological polar surface area (TPSA) is 202 Å². The van der Waals surface area contributed by atoms with Crippen molar-refractivity contribution < 1.29 is 51.0 Å². The quantitative estimate of drug-likeness (QED) is 0.0907. The lowest BCUT2D eigenvalue weighted by molar-refractivity contribution is -0.138. The van der Waals surface area contributed by atoms with Crippen LogP contribution in [0.4, 0.5) is 27.2 Å². The van der Waals surface area contributed by atoms with Gasteiger partial charge in [0.1, 0.15) is 35.3 Å². The molecule has 0 spiro atoms. The molecule has 4 aromatic heterocycles. The number of alkyl halides is 3.